The number of nitrogens with zero attached hydrogens (tertiary/aromatic N) is 2. The molecule has 0 aliphatic carbocycles. The second-order valence-corrected chi connectivity index (χ2v) is 4.48. The molecule has 1 rings (SSSR count). The molecule has 96 valence electrons. The second kappa shape index (κ2) is 9.83. The summed E-state index contributed by atoms with van der Waals surface area (Å²) >= 11 is 0. The zero-order chi connectivity index (χ0) is 10.9. The van der Waals surface area contributed by atoms with Gasteiger partial charge in [-0.2, -0.15) is 0 Å². The molecule has 0 atom stereocenters. The quantitative estimate of drug-likeness (QED) is 0.601. The largest absolute Gasteiger partial charge is 0.359 e. The summed E-state index contributed by atoms with van der Waals surface area (Å²) < 4.78 is 0. The molecule has 3 heteroatoms. The minimum Gasteiger partial charge on any atom is -0.359 e. The van der Waals surface area contributed by atoms with Gasteiger partial charge in [0.05, 0.1) is 6.67 Å². The van der Waals surface area contributed by atoms with E-state index in [2.05, 4.69) is 36.0 Å². The van der Waals surface area contributed by atoms with E-state index in [0.29, 0.717) is 0 Å². The van der Waals surface area contributed by atoms with E-state index < -0.39 is 0 Å². The van der Waals surface area contributed by atoms with Gasteiger partial charge < -0.3 is 9.80 Å². The highest BCUT2D eigenvalue weighted by molar-refractivity contribution is 5.85. The van der Waals surface area contributed by atoms with Gasteiger partial charge in [-0.1, -0.05) is 39.5 Å². The molecule has 0 radical (unpaired) electrons. The van der Waals surface area contributed by atoms with E-state index in [1.165, 1.54) is 51.6 Å². The number of rotatable bonds is 8. The Morgan fingerprint density at radius 3 is 1.94 bits per heavy atom. The standard InChI is InChI=1S/C13H26N2.ClH/c1-3-5-7-8-10-15-12-11-14(13-15)9-6-4-2;/h11-12H,3-10,13H2,1-2H3;1H. The number of hydrogen-bond acceptors (Lipinski definition) is 2. The number of unbranched alkanes of at least 4 members (excludes halogenated alkanes) is 4. The average Bonchev–Trinajstić information content (AvgIpc) is 2.69. The third kappa shape index (κ3) is 6.26. The van der Waals surface area contributed by atoms with Crippen LogP contribution in [0.4, 0.5) is 0 Å². The third-order valence-electron chi connectivity index (χ3n) is 2.95. The highest BCUT2D eigenvalue weighted by Crippen LogP contribution is 2.09. The summed E-state index contributed by atoms with van der Waals surface area (Å²) in [6, 6.07) is 0. The Hall–Kier alpha value is -0.370. The van der Waals surface area contributed by atoms with Crippen LogP contribution in [-0.2, 0) is 0 Å². The van der Waals surface area contributed by atoms with Gasteiger partial charge in [-0.25, -0.2) is 0 Å². The van der Waals surface area contributed by atoms with Gasteiger partial charge in [-0.15, -0.1) is 12.4 Å². The topological polar surface area (TPSA) is 6.48 Å². The molecular formula is C13H27ClN2. The van der Waals surface area contributed by atoms with E-state index in [1.807, 2.05) is 0 Å². The van der Waals surface area contributed by atoms with Crippen molar-refractivity contribution in [3.8, 4) is 0 Å². The molecule has 0 saturated carbocycles. The molecule has 0 aromatic carbocycles. The second-order valence-electron chi connectivity index (χ2n) is 4.48. The van der Waals surface area contributed by atoms with Crippen LogP contribution in [0.15, 0.2) is 12.4 Å². The molecule has 0 aromatic heterocycles. The third-order valence-corrected chi connectivity index (χ3v) is 2.95. The molecule has 1 heterocycles. The predicted molar refractivity (Wildman–Crippen MR) is 73.7 cm³/mol. The molecule has 0 spiro atoms. The first kappa shape index (κ1) is 15.6. The normalized spacial score (nSPS) is 14.4. The summed E-state index contributed by atoms with van der Waals surface area (Å²) in [5, 5.41) is 0. The molecule has 0 unspecified atom stereocenters. The van der Waals surface area contributed by atoms with Crippen LogP contribution in [0.3, 0.4) is 0 Å². The summed E-state index contributed by atoms with van der Waals surface area (Å²) in [6.07, 6.45) is 12.6. The van der Waals surface area contributed by atoms with Crippen molar-refractivity contribution in [3.05, 3.63) is 12.4 Å². The Kier molecular flexibility index (Phi) is 9.60. The average molecular weight is 247 g/mol. The monoisotopic (exact) mass is 246 g/mol. The minimum atomic E-state index is 0. The van der Waals surface area contributed by atoms with E-state index in [-0.39, 0.29) is 12.4 Å². The summed E-state index contributed by atoms with van der Waals surface area (Å²) in [6.45, 7) is 8.09. The lowest BCUT2D eigenvalue weighted by Gasteiger charge is -2.20. The van der Waals surface area contributed by atoms with Crippen molar-refractivity contribution in [1.82, 2.24) is 9.80 Å². The van der Waals surface area contributed by atoms with E-state index in [1.54, 1.807) is 0 Å². The lowest BCUT2D eigenvalue weighted by molar-refractivity contribution is 0.258. The van der Waals surface area contributed by atoms with Crippen molar-refractivity contribution in [1.29, 1.82) is 0 Å². The Balaban J connectivity index is 0.00000225. The zero-order valence-electron chi connectivity index (χ0n) is 10.8. The van der Waals surface area contributed by atoms with Crippen LogP contribution in [0, 0.1) is 0 Å². The molecule has 0 amide bonds. The van der Waals surface area contributed by atoms with E-state index in [0.717, 1.165) is 6.67 Å². The lowest BCUT2D eigenvalue weighted by Crippen LogP contribution is -2.26. The SMILES string of the molecule is CCCCCCN1C=CN(CCCC)C1.Cl. The number of hydrogen-bond donors (Lipinski definition) is 0. The highest BCUT2D eigenvalue weighted by Gasteiger charge is 2.10. The van der Waals surface area contributed by atoms with Crippen molar-refractivity contribution >= 4 is 12.4 Å². The summed E-state index contributed by atoms with van der Waals surface area (Å²) in [7, 11) is 0. The van der Waals surface area contributed by atoms with Gasteiger partial charge >= 0.3 is 0 Å². The molecule has 2 nitrogen and oxygen atoms in total. The zero-order valence-corrected chi connectivity index (χ0v) is 11.6. The molecule has 1 aliphatic heterocycles. The Bertz CT molecular complexity index is 183. The maximum Gasteiger partial charge on any atom is 0.0893 e. The first-order valence-corrected chi connectivity index (χ1v) is 6.53. The first-order valence-electron chi connectivity index (χ1n) is 6.53. The van der Waals surface area contributed by atoms with Crippen LogP contribution in [0.25, 0.3) is 0 Å². The molecule has 0 N–H and O–H groups in total. The maximum absolute atomic E-state index is 2.44. The van der Waals surface area contributed by atoms with E-state index in [4.69, 9.17) is 0 Å². The Morgan fingerprint density at radius 1 is 0.812 bits per heavy atom. The molecular weight excluding hydrogens is 220 g/mol. The van der Waals surface area contributed by atoms with Crippen molar-refractivity contribution in [2.75, 3.05) is 19.8 Å². The van der Waals surface area contributed by atoms with Gasteiger partial charge in [0.1, 0.15) is 0 Å². The van der Waals surface area contributed by atoms with Gasteiger partial charge in [0, 0.05) is 25.5 Å². The van der Waals surface area contributed by atoms with Crippen molar-refractivity contribution in [2.24, 2.45) is 0 Å². The molecule has 16 heavy (non-hydrogen) atoms. The fourth-order valence-electron chi connectivity index (χ4n) is 1.91. The molecule has 0 fully saturated rings. The smallest absolute Gasteiger partial charge is 0.0893 e. The summed E-state index contributed by atoms with van der Waals surface area (Å²) in [5.74, 6) is 0. The molecule has 1 aliphatic rings. The number of halogens is 1. The van der Waals surface area contributed by atoms with Crippen molar-refractivity contribution < 1.29 is 0 Å². The first-order chi connectivity index (χ1) is 7.36. The van der Waals surface area contributed by atoms with Crippen molar-refractivity contribution in [2.45, 2.75) is 52.4 Å². The van der Waals surface area contributed by atoms with Gasteiger partial charge in [0.15, 0.2) is 0 Å². The van der Waals surface area contributed by atoms with Crippen LogP contribution in [0.5, 0.6) is 0 Å². The molecule has 0 saturated heterocycles. The van der Waals surface area contributed by atoms with E-state index in [9.17, 15) is 0 Å². The van der Waals surface area contributed by atoms with Gasteiger partial charge in [0.2, 0.25) is 0 Å². The summed E-state index contributed by atoms with van der Waals surface area (Å²) in [4.78, 5) is 4.86. The molecule has 0 aromatic rings. The van der Waals surface area contributed by atoms with Gasteiger partial charge in [-0.05, 0) is 12.8 Å². The van der Waals surface area contributed by atoms with E-state index >= 15 is 0 Å². The van der Waals surface area contributed by atoms with Crippen LogP contribution in [0.2, 0.25) is 0 Å². The molecule has 0 bridgehead atoms. The Morgan fingerprint density at radius 2 is 1.38 bits per heavy atom. The van der Waals surface area contributed by atoms with Gasteiger partial charge in [0.25, 0.3) is 0 Å². The fourth-order valence-corrected chi connectivity index (χ4v) is 1.91. The fraction of sp³-hybridized carbons (Fsp3) is 0.846. The van der Waals surface area contributed by atoms with Crippen LogP contribution in [-0.4, -0.2) is 29.6 Å². The van der Waals surface area contributed by atoms with Gasteiger partial charge in [-0.3, -0.25) is 0 Å². The van der Waals surface area contributed by atoms with Crippen LogP contribution >= 0.6 is 12.4 Å². The predicted octanol–water partition coefficient (Wildman–Crippen LogP) is 3.83. The summed E-state index contributed by atoms with van der Waals surface area (Å²) in [5.41, 5.74) is 0. The minimum absolute atomic E-state index is 0. The van der Waals surface area contributed by atoms with Crippen LogP contribution < -0.4 is 0 Å². The lowest BCUT2D eigenvalue weighted by atomic mass is 10.2. The van der Waals surface area contributed by atoms with Crippen LogP contribution in [0.1, 0.15) is 52.4 Å². The Labute approximate surface area is 107 Å². The van der Waals surface area contributed by atoms with Crippen molar-refractivity contribution in [3.63, 3.8) is 0 Å². The highest BCUT2D eigenvalue weighted by atomic mass is 35.5. The maximum atomic E-state index is 2.44.